The second-order valence-electron chi connectivity index (χ2n) is 26.6. The number of para-hydroxylation sites is 2. The summed E-state index contributed by atoms with van der Waals surface area (Å²) in [4.78, 5) is 70.9. The maximum Gasteiger partial charge on any atom is 0.252 e. The lowest BCUT2D eigenvalue weighted by molar-refractivity contribution is -0.132. The van der Waals surface area contributed by atoms with Crippen LogP contribution in [-0.4, -0.2) is 215 Å². The summed E-state index contributed by atoms with van der Waals surface area (Å²) in [6.45, 7) is 28.9. The van der Waals surface area contributed by atoms with E-state index in [0.29, 0.717) is 101 Å². The Bertz CT molecular complexity index is 4310. The molecule has 524 valence electrons. The van der Waals surface area contributed by atoms with Gasteiger partial charge in [-0.2, -0.15) is 15.5 Å². The molecular formula is C73H86F2N18O7. The number of nitriles is 1. The van der Waals surface area contributed by atoms with E-state index in [9.17, 15) is 14.4 Å². The summed E-state index contributed by atoms with van der Waals surface area (Å²) in [6.07, 6.45) is 8.32. The number of nitrogen functional groups attached to an aromatic ring is 2. The number of nitrogens with zero attached hydrogens (tertiary/aromatic N) is 16. The molecule has 25 nitrogen and oxygen atoms in total. The Morgan fingerprint density at radius 2 is 1.06 bits per heavy atom. The van der Waals surface area contributed by atoms with Crippen molar-refractivity contribution in [3.05, 3.63) is 145 Å². The number of anilines is 2. The van der Waals surface area contributed by atoms with Gasteiger partial charge in [0, 0.05) is 107 Å². The highest BCUT2D eigenvalue weighted by Crippen LogP contribution is 2.39. The number of ether oxygens (including phenoxy) is 4. The number of amides is 2. The number of hydrogen-bond acceptors (Lipinski definition) is 20. The number of benzene rings is 4. The molecule has 6 aliphatic heterocycles. The predicted molar refractivity (Wildman–Crippen MR) is 374 cm³/mol. The van der Waals surface area contributed by atoms with Gasteiger partial charge in [0.1, 0.15) is 83.0 Å². The third-order valence-corrected chi connectivity index (χ3v) is 19.4. The molecule has 6 aliphatic rings. The molecule has 27 heteroatoms. The van der Waals surface area contributed by atoms with Crippen molar-refractivity contribution >= 4 is 51.8 Å². The first-order valence-electron chi connectivity index (χ1n) is 33.6. The van der Waals surface area contributed by atoms with Crippen molar-refractivity contribution in [1.82, 2.24) is 68.9 Å². The van der Waals surface area contributed by atoms with Gasteiger partial charge in [-0.1, -0.05) is 49.9 Å². The van der Waals surface area contributed by atoms with Crippen LogP contribution >= 0.6 is 0 Å². The molecular weight excluding hydrogens is 1280 g/mol. The minimum absolute atomic E-state index is 0. The number of aldehydes is 1. The molecule has 4 N–H and O–H groups in total. The molecule has 4 aromatic carbocycles. The van der Waals surface area contributed by atoms with Crippen LogP contribution in [0.5, 0.6) is 23.0 Å². The van der Waals surface area contributed by atoms with E-state index in [0.717, 1.165) is 104 Å². The predicted octanol–water partition coefficient (Wildman–Crippen LogP) is 9.47. The summed E-state index contributed by atoms with van der Waals surface area (Å²) in [6, 6.07) is 30.0. The molecule has 4 aromatic heterocycles. The number of halogens is 2. The Hall–Kier alpha value is -9.87. The number of fused-ring (bicyclic) bond motifs is 2. The van der Waals surface area contributed by atoms with Gasteiger partial charge in [0.25, 0.3) is 5.91 Å². The lowest BCUT2D eigenvalue weighted by Crippen LogP contribution is -2.60. The highest BCUT2D eigenvalue weighted by Gasteiger charge is 2.38. The molecule has 14 rings (SSSR count). The number of rotatable bonds is 16. The van der Waals surface area contributed by atoms with E-state index in [2.05, 4.69) is 58.2 Å². The summed E-state index contributed by atoms with van der Waals surface area (Å²) >= 11 is 0. The fourth-order valence-corrected chi connectivity index (χ4v) is 13.5. The van der Waals surface area contributed by atoms with Crippen molar-refractivity contribution in [3.8, 4) is 51.6 Å². The van der Waals surface area contributed by atoms with E-state index in [1.54, 1.807) is 67.7 Å². The van der Waals surface area contributed by atoms with Gasteiger partial charge in [-0.05, 0) is 102 Å². The number of hydrogen-bond donors (Lipinski definition) is 2. The Morgan fingerprint density at radius 3 is 1.47 bits per heavy atom. The van der Waals surface area contributed by atoms with Crippen LogP contribution in [0.2, 0.25) is 0 Å². The topological polar surface area (TPSA) is 275 Å². The zero-order valence-electron chi connectivity index (χ0n) is 56.1. The quantitative estimate of drug-likeness (QED) is 0.0517. The summed E-state index contributed by atoms with van der Waals surface area (Å²) in [5.74, 6) is 0.682. The van der Waals surface area contributed by atoms with Crippen molar-refractivity contribution in [3.63, 3.8) is 0 Å². The van der Waals surface area contributed by atoms with Gasteiger partial charge < -0.3 is 45.0 Å². The Morgan fingerprint density at radius 1 is 0.620 bits per heavy atom. The summed E-state index contributed by atoms with van der Waals surface area (Å²) < 4.78 is 56.5. The molecule has 8 aromatic rings. The lowest BCUT2D eigenvalue weighted by atomic mass is 9.98. The summed E-state index contributed by atoms with van der Waals surface area (Å²) in [7, 11) is 0. The van der Waals surface area contributed by atoms with Gasteiger partial charge in [0.2, 0.25) is 11.6 Å². The first-order chi connectivity index (χ1) is 47.9. The molecule has 6 saturated heterocycles. The number of likely N-dealkylation sites (tertiary alicyclic amines) is 2. The third-order valence-electron chi connectivity index (χ3n) is 19.4. The van der Waals surface area contributed by atoms with Crippen LogP contribution in [-0.2, 0) is 23.9 Å². The lowest BCUT2D eigenvalue weighted by Gasteiger charge is -2.47. The van der Waals surface area contributed by atoms with Crippen molar-refractivity contribution in [2.24, 2.45) is 0 Å². The Balaban J connectivity index is 0.000000171. The maximum atomic E-state index is 15.7. The SMILES string of the molecule is C.CC(C)(C=O)N1CCN(C2COC2)CC1.N#CCC(=O)N1CCC[C@@H](n2nc(-c3ccc(Oc4ccccc4)cc3F)c3c(N)ncnc32)C1.[C-]#[N+]C(=CC(C)(C)N1CCN(C2COC2)CC1)C(=O)N1CCC[C@@H](n2nc(-c3ccc(Oc4ccccc4)cc3F)c3c(N)ncnc32)C1. The van der Waals surface area contributed by atoms with Crippen LogP contribution in [0.25, 0.3) is 49.4 Å². The Labute approximate surface area is 580 Å². The van der Waals surface area contributed by atoms with E-state index in [1.807, 2.05) is 62.4 Å². The molecule has 0 spiro atoms. The molecule has 0 radical (unpaired) electrons. The highest BCUT2D eigenvalue weighted by atomic mass is 19.1. The van der Waals surface area contributed by atoms with Crippen LogP contribution < -0.4 is 20.9 Å². The number of nitrogens with two attached hydrogens (primary N) is 2. The van der Waals surface area contributed by atoms with Crippen LogP contribution in [0.4, 0.5) is 20.4 Å². The molecule has 0 aliphatic carbocycles. The van der Waals surface area contributed by atoms with E-state index in [-0.39, 0.29) is 71.7 Å². The summed E-state index contributed by atoms with van der Waals surface area (Å²) in [5, 5.41) is 19.3. The molecule has 0 saturated carbocycles. The monoisotopic (exact) mass is 1360 g/mol. The van der Waals surface area contributed by atoms with Gasteiger partial charge >= 0.3 is 0 Å². The van der Waals surface area contributed by atoms with Crippen molar-refractivity contribution in [1.29, 1.82) is 5.26 Å². The fraction of sp³-hybridized carbons (Fsp3) is 0.438. The van der Waals surface area contributed by atoms with E-state index in [1.165, 1.54) is 24.8 Å². The molecule has 2 amide bonds. The molecule has 6 fully saturated rings. The first-order valence-corrected chi connectivity index (χ1v) is 33.6. The highest BCUT2D eigenvalue weighted by molar-refractivity contribution is 6.00. The Kier molecular flexibility index (Phi) is 22.5. The van der Waals surface area contributed by atoms with Crippen molar-refractivity contribution in [2.45, 2.75) is 102 Å². The van der Waals surface area contributed by atoms with E-state index in [4.69, 9.17) is 52.4 Å². The molecule has 2 atom stereocenters. The summed E-state index contributed by atoms with van der Waals surface area (Å²) in [5.41, 5.74) is 13.9. The van der Waals surface area contributed by atoms with Gasteiger partial charge in [-0.25, -0.2) is 42.9 Å². The van der Waals surface area contributed by atoms with Crippen LogP contribution in [0, 0.1) is 29.5 Å². The smallest absolute Gasteiger partial charge is 0.252 e. The van der Waals surface area contributed by atoms with Gasteiger partial charge in [-0.3, -0.25) is 29.2 Å². The number of aromatic nitrogens is 8. The van der Waals surface area contributed by atoms with E-state index >= 15 is 8.78 Å². The zero-order chi connectivity index (χ0) is 69.4. The number of carbonyl (C=O) groups is 3. The average molecular weight is 1370 g/mol. The normalized spacial score (nSPS) is 19.1. The number of carbonyl (C=O) groups excluding carboxylic acids is 3. The molecule has 0 unspecified atom stereocenters. The van der Waals surface area contributed by atoms with Gasteiger partial charge in [-0.15, -0.1) is 0 Å². The molecule has 10 heterocycles. The van der Waals surface area contributed by atoms with Gasteiger partial charge in [0.05, 0.1) is 79.5 Å². The van der Waals surface area contributed by atoms with Crippen LogP contribution in [0.15, 0.2) is 121 Å². The second kappa shape index (κ2) is 31.5. The fourth-order valence-electron chi connectivity index (χ4n) is 13.5. The largest absolute Gasteiger partial charge is 0.457 e. The number of piperidine rings is 2. The zero-order valence-corrected chi connectivity index (χ0v) is 56.1. The van der Waals surface area contributed by atoms with Crippen LogP contribution in [0.3, 0.4) is 0 Å². The third kappa shape index (κ3) is 15.9. The standard InChI is InChI=1S/C36H40FN9O3.C25H22FN7O2.C11H20N2O2.CH4/c1-36(2,45-16-14-43(15-17-45)25-21-48-22-25)19-30(39-3)35(47)44-13-7-8-24(20-44)46-34-31(33(38)40-23-41-34)32(42-46)28-12-11-27(18-29(28)37)49-26-9-5-4-6-10-26;26-20-13-18(35-17-6-2-1-3-7-17)8-9-19(20)23-22-24(28)29-15-30-25(22)33(31-23)16-5-4-12-32(14-16)21(34)10-11-27;1-11(2,9-14)13-5-3-12(4-6-13)10-7-15-8-10;/h4-6,9-12,18-19,23-25H,7-8,13-17,20-22H2,1-2H3,(H2,38,40,41);1-3,6-9,13,15-16H,4-5,10,12,14H2,(H2,28,29,30);9-10H,3-8H2,1-2H3;1H4/t24-;16-;;/m11../s1. The number of piperazine rings is 2. The first kappa shape index (κ1) is 71.4. The minimum Gasteiger partial charge on any atom is -0.457 e. The van der Waals surface area contributed by atoms with E-state index < -0.39 is 17.2 Å². The maximum absolute atomic E-state index is 15.7. The van der Waals surface area contributed by atoms with Crippen LogP contribution in [0.1, 0.15) is 79.3 Å². The average Bonchev–Trinajstić information content (AvgIpc) is 1.61. The minimum atomic E-state index is -0.531. The second-order valence-corrected chi connectivity index (χ2v) is 26.6. The van der Waals surface area contributed by atoms with Gasteiger partial charge in [0.15, 0.2) is 11.3 Å². The van der Waals surface area contributed by atoms with Crippen molar-refractivity contribution < 1.29 is 42.1 Å². The molecule has 0 bridgehead atoms. The van der Waals surface area contributed by atoms with Crippen molar-refractivity contribution in [2.75, 3.05) is 116 Å². The molecule has 100 heavy (non-hydrogen) atoms.